The van der Waals surface area contributed by atoms with Crippen LogP contribution in [0.5, 0.6) is 0 Å². The molecule has 0 saturated carbocycles. The first kappa shape index (κ1) is 10.3. The van der Waals surface area contributed by atoms with Crippen LogP contribution in [0, 0.1) is 0 Å². The van der Waals surface area contributed by atoms with E-state index in [1.54, 1.807) is 0 Å². The van der Waals surface area contributed by atoms with Gasteiger partial charge >= 0.3 is 0 Å². The Labute approximate surface area is 104 Å². The standard InChI is InChI=1S/C10H6Br2ClN/c11-7-5-6-14(10(7)12)9-4-2-1-3-8(9)13/h1-6H. The molecule has 1 heterocycles. The minimum Gasteiger partial charge on any atom is -0.309 e. The van der Waals surface area contributed by atoms with E-state index in [1.807, 2.05) is 41.1 Å². The van der Waals surface area contributed by atoms with Crippen LogP contribution in [-0.2, 0) is 0 Å². The number of halogens is 3. The van der Waals surface area contributed by atoms with Crippen molar-refractivity contribution in [1.82, 2.24) is 4.57 Å². The lowest BCUT2D eigenvalue weighted by atomic mass is 10.3. The van der Waals surface area contributed by atoms with E-state index < -0.39 is 0 Å². The molecule has 1 nitrogen and oxygen atoms in total. The Balaban J connectivity index is 2.60. The summed E-state index contributed by atoms with van der Waals surface area (Å²) < 4.78 is 3.95. The number of hydrogen-bond acceptors (Lipinski definition) is 0. The molecule has 0 saturated heterocycles. The molecule has 0 unspecified atom stereocenters. The molecule has 1 aromatic heterocycles. The molecule has 0 bridgehead atoms. The Morgan fingerprint density at radius 1 is 1.07 bits per heavy atom. The van der Waals surface area contributed by atoms with Crippen LogP contribution in [0.4, 0.5) is 0 Å². The van der Waals surface area contributed by atoms with E-state index in [2.05, 4.69) is 31.9 Å². The number of rotatable bonds is 1. The van der Waals surface area contributed by atoms with Crippen LogP contribution in [-0.4, -0.2) is 4.57 Å². The molecule has 0 aliphatic carbocycles. The topological polar surface area (TPSA) is 4.93 Å². The fourth-order valence-electron chi connectivity index (χ4n) is 1.22. The second-order valence-electron chi connectivity index (χ2n) is 2.78. The van der Waals surface area contributed by atoms with Crippen molar-refractivity contribution in [3.8, 4) is 5.69 Å². The highest BCUT2D eigenvalue weighted by molar-refractivity contribution is 9.13. The smallest absolute Gasteiger partial charge is 0.104 e. The van der Waals surface area contributed by atoms with E-state index in [9.17, 15) is 0 Å². The van der Waals surface area contributed by atoms with Gasteiger partial charge in [0.05, 0.1) is 15.2 Å². The molecule has 1 aromatic carbocycles. The molecule has 0 spiro atoms. The van der Waals surface area contributed by atoms with Crippen LogP contribution in [0.2, 0.25) is 5.02 Å². The van der Waals surface area contributed by atoms with Gasteiger partial charge < -0.3 is 4.57 Å². The molecule has 0 atom stereocenters. The summed E-state index contributed by atoms with van der Waals surface area (Å²) in [5.74, 6) is 0. The normalized spacial score (nSPS) is 10.5. The van der Waals surface area contributed by atoms with Crippen molar-refractivity contribution in [2.24, 2.45) is 0 Å². The van der Waals surface area contributed by atoms with E-state index in [-0.39, 0.29) is 0 Å². The number of hydrogen-bond donors (Lipinski definition) is 0. The zero-order valence-corrected chi connectivity index (χ0v) is 11.0. The Morgan fingerprint density at radius 2 is 1.79 bits per heavy atom. The summed E-state index contributed by atoms with van der Waals surface area (Å²) in [5, 5.41) is 0.733. The molecular weight excluding hydrogens is 329 g/mol. The Hall–Kier alpha value is -0.250. The fourth-order valence-corrected chi connectivity index (χ4v) is 2.20. The Bertz CT molecular complexity index is 465. The van der Waals surface area contributed by atoms with Gasteiger partial charge in [-0.25, -0.2) is 0 Å². The third-order valence-corrected chi connectivity index (χ3v) is 4.19. The van der Waals surface area contributed by atoms with Crippen molar-refractivity contribution in [3.05, 3.63) is 50.6 Å². The first-order chi connectivity index (χ1) is 6.70. The highest BCUT2D eigenvalue weighted by atomic mass is 79.9. The van der Waals surface area contributed by atoms with Gasteiger partial charge in [0.2, 0.25) is 0 Å². The minimum atomic E-state index is 0.733. The van der Waals surface area contributed by atoms with E-state index in [4.69, 9.17) is 11.6 Å². The largest absolute Gasteiger partial charge is 0.309 e. The summed E-state index contributed by atoms with van der Waals surface area (Å²) in [4.78, 5) is 0. The van der Waals surface area contributed by atoms with Crippen molar-refractivity contribution in [1.29, 1.82) is 0 Å². The predicted octanol–water partition coefficient (Wildman–Crippen LogP) is 4.66. The van der Waals surface area contributed by atoms with Crippen LogP contribution in [0.25, 0.3) is 5.69 Å². The molecule has 0 aliphatic rings. The summed E-state index contributed by atoms with van der Waals surface area (Å²) in [6.45, 7) is 0. The van der Waals surface area contributed by atoms with Gasteiger partial charge in [0, 0.05) is 6.20 Å². The first-order valence-corrected chi connectivity index (χ1v) is 5.94. The van der Waals surface area contributed by atoms with Crippen LogP contribution in [0.3, 0.4) is 0 Å². The van der Waals surface area contributed by atoms with Crippen molar-refractivity contribution >= 4 is 43.5 Å². The van der Waals surface area contributed by atoms with Gasteiger partial charge in [0.1, 0.15) is 4.60 Å². The molecule has 0 N–H and O–H groups in total. The lowest BCUT2D eigenvalue weighted by molar-refractivity contribution is 1.04. The minimum absolute atomic E-state index is 0.733. The average molecular weight is 335 g/mol. The highest BCUT2D eigenvalue weighted by Gasteiger charge is 2.07. The molecule has 2 rings (SSSR count). The lowest BCUT2D eigenvalue weighted by Crippen LogP contribution is -1.92. The first-order valence-electron chi connectivity index (χ1n) is 3.97. The third-order valence-electron chi connectivity index (χ3n) is 1.89. The van der Waals surface area contributed by atoms with Crippen LogP contribution < -0.4 is 0 Å². The predicted molar refractivity (Wildman–Crippen MR) is 66.2 cm³/mol. The maximum atomic E-state index is 6.08. The zero-order chi connectivity index (χ0) is 10.1. The number of aromatic nitrogens is 1. The summed E-state index contributed by atoms with van der Waals surface area (Å²) in [7, 11) is 0. The maximum absolute atomic E-state index is 6.08. The molecule has 0 fully saturated rings. The van der Waals surface area contributed by atoms with Crippen molar-refractivity contribution in [3.63, 3.8) is 0 Å². The van der Waals surface area contributed by atoms with Crippen LogP contribution >= 0.6 is 43.5 Å². The maximum Gasteiger partial charge on any atom is 0.104 e. The summed E-state index contributed by atoms with van der Waals surface area (Å²) in [6, 6.07) is 9.68. The molecule has 0 amide bonds. The number of nitrogens with zero attached hydrogens (tertiary/aromatic N) is 1. The second kappa shape index (κ2) is 4.09. The van der Waals surface area contributed by atoms with Gasteiger partial charge in [-0.15, -0.1) is 0 Å². The SMILES string of the molecule is Clc1ccccc1-n1ccc(Br)c1Br. The van der Waals surface area contributed by atoms with Crippen LogP contribution in [0.15, 0.2) is 45.6 Å². The second-order valence-corrected chi connectivity index (χ2v) is 4.79. The van der Waals surface area contributed by atoms with Crippen molar-refractivity contribution in [2.45, 2.75) is 0 Å². The van der Waals surface area contributed by atoms with Gasteiger partial charge in [-0.2, -0.15) is 0 Å². The molecule has 14 heavy (non-hydrogen) atoms. The molecule has 2 aromatic rings. The van der Waals surface area contributed by atoms with Crippen LogP contribution in [0.1, 0.15) is 0 Å². The Kier molecular flexibility index (Phi) is 3.00. The van der Waals surface area contributed by atoms with E-state index in [0.29, 0.717) is 0 Å². The quantitative estimate of drug-likeness (QED) is 0.714. The summed E-state index contributed by atoms with van der Waals surface area (Å²) in [5.41, 5.74) is 0.965. The highest BCUT2D eigenvalue weighted by Crippen LogP contribution is 2.29. The Morgan fingerprint density at radius 3 is 2.36 bits per heavy atom. The van der Waals surface area contributed by atoms with Crippen molar-refractivity contribution < 1.29 is 0 Å². The molecular formula is C10H6Br2ClN. The molecule has 4 heteroatoms. The van der Waals surface area contributed by atoms with Gasteiger partial charge in [-0.1, -0.05) is 23.7 Å². The van der Waals surface area contributed by atoms with E-state index >= 15 is 0 Å². The van der Waals surface area contributed by atoms with Gasteiger partial charge in [0.25, 0.3) is 0 Å². The zero-order valence-electron chi connectivity index (χ0n) is 7.05. The third kappa shape index (κ3) is 1.76. The number of benzene rings is 1. The van der Waals surface area contributed by atoms with Gasteiger partial charge in [0.15, 0.2) is 0 Å². The molecule has 72 valence electrons. The van der Waals surface area contributed by atoms with E-state index in [0.717, 1.165) is 19.8 Å². The van der Waals surface area contributed by atoms with Gasteiger partial charge in [-0.05, 0) is 50.1 Å². The van der Waals surface area contributed by atoms with Crippen molar-refractivity contribution in [2.75, 3.05) is 0 Å². The lowest BCUT2D eigenvalue weighted by Gasteiger charge is -2.06. The number of para-hydroxylation sites is 1. The summed E-state index contributed by atoms with van der Waals surface area (Å²) >= 11 is 13.0. The molecule has 0 radical (unpaired) electrons. The summed E-state index contributed by atoms with van der Waals surface area (Å²) in [6.07, 6.45) is 1.95. The fraction of sp³-hybridized carbons (Fsp3) is 0. The monoisotopic (exact) mass is 333 g/mol. The van der Waals surface area contributed by atoms with Gasteiger partial charge in [-0.3, -0.25) is 0 Å². The van der Waals surface area contributed by atoms with E-state index in [1.165, 1.54) is 0 Å². The average Bonchev–Trinajstić information content (AvgIpc) is 2.49. The molecule has 0 aliphatic heterocycles.